The summed E-state index contributed by atoms with van der Waals surface area (Å²) in [5.74, 6) is 1.85. The molecule has 8 heteroatoms. The van der Waals surface area contributed by atoms with E-state index in [0.29, 0.717) is 37.2 Å². The second kappa shape index (κ2) is 7.25. The zero-order valence-electron chi connectivity index (χ0n) is 14.8. The highest BCUT2D eigenvalue weighted by Crippen LogP contribution is 2.40. The maximum atomic E-state index is 5.90. The third kappa shape index (κ3) is 3.32. The molecule has 1 saturated heterocycles. The van der Waals surface area contributed by atoms with Crippen molar-refractivity contribution in [3.05, 3.63) is 53.6 Å². The van der Waals surface area contributed by atoms with Crippen molar-refractivity contribution in [2.45, 2.75) is 31.8 Å². The molecule has 0 amide bonds. The molecular formula is C18H21N5O3. The van der Waals surface area contributed by atoms with Crippen LogP contribution in [0.15, 0.2) is 35.0 Å². The normalized spacial score (nSPS) is 19.8. The van der Waals surface area contributed by atoms with Gasteiger partial charge in [-0.25, -0.2) is 4.98 Å². The van der Waals surface area contributed by atoms with E-state index in [0.717, 1.165) is 17.8 Å². The van der Waals surface area contributed by atoms with Crippen LogP contribution in [0.25, 0.3) is 0 Å². The lowest BCUT2D eigenvalue weighted by molar-refractivity contribution is 0.0921. The molecule has 3 aromatic rings. The Hall–Kier alpha value is -2.74. The summed E-state index contributed by atoms with van der Waals surface area (Å²) >= 11 is 0. The van der Waals surface area contributed by atoms with Gasteiger partial charge in [0.25, 0.3) is 0 Å². The molecule has 0 aromatic carbocycles. The molecule has 8 nitrogen and oxygen atoms in total. The quantitative estimate of drug-likeness (QED) is 0.671. The Balaban J connectivity index is 1.51. The molecule has 2 atom stereocenters. The van der Waals surface area contributed by atoms with Crippen molar-refractivity contribution >= 4 is 0 Å². The van der Waals surface area contributed by atoms with Gasteiger partial charge in [0.1, 0.15) is 6.10 Å². The van der Waals surface area contributed by atoms with Crippen LogP contribution in [-0.2, 0) is 18.2 Å². The van der Waals surface area contributed by atoms with Gasteiger partial charge in [0.15, 0.2) is 5.82 Å². The molecule has 0 radical (unpaired) electrons. The Bertz CT molecular complexity index is 875. The van der Waals surface area contributed by atoms with Crippen LogP contribution in [0.2, 0.25) is 0 Å². The second-order valence-electron chi connectivity index (χ2n) is 6.19. The lowest BCUT2D eigenvalue weighted by atomic mass is 9.99. The van der Waals surface area contributed by atoms with Crippen LogP contribution in [-0.4, -0.2) is 38.1 Å². The second-order valence-corrected chi connectivity index (χ2v) is 6.19. The molecule has 26 heavy (non-hydrogen) atoms. The average molecular weight is 355 g/mol. The number of pyridine rings is 1. The molecule has 1 fully saturated rings. The molecule has 1 aliphatic heterocycles. The standard InChI is InChI=1S/C18H21N5O3/c1-3-24-16-6-4-5-12(20-16)11-15-21-18(26-22-15)13-8-10-25-17(13)14-7-9-19-23(14)2/h4-7,9,13,17H,3,8,10-11H2,1-2H3/t13-,17-/m1/s1. The fraction of sp³-hybridized carbons (Fsp3) is 0.444. The van der Waals surface area contributed by atoms with Gasteiger partial charge in [0.2, 0.25) is 11.8 Å². The number of nitrogens with zero attached hydrogens (tertiary/aromatic N) is 5. The Kier molecular flexibility index (Phi) is 4.66. The summed E-state index contributed by atoms with van der Waals surface area (Å²) in [7, 11) is 1.91. The van der Waals surface area contributed by atoms with E-state index in [9.17, 15) is 0 Å². The summed E-state index contributed by atoms with van der Waals surface area (Å²) in [5, 5.41) is 8.35. The van der Waals surface area contributed by atoms with E-state index in [-0.39, 0.29) is 12.0 Å². The lowest BCUT2D eigenvalue weighted by Crippen LogP contribution is -2.11. The fourth-order valence-corrected chi connectivity index (χ4v) is 3.23. The van der Waals surface area contributed by atoms with Crippen molar-refractivity contribution < 1.29 is 14.0 Å². The van der Waals surface area contributed by atoms with Gasteiger partial charge in [0.05, 0.1) is 30.3 Å². The number of aromatic nitrogens is 5. The number of hydrogen-bond donors (Lipinski definition) is 0. The minimum Gasteiger partial charge on any atom is -0.478 e. The summed E-state index contributed by atoms with van der Waals surface area (Å²) in [6.07, 6.45) is 2.99. The monoisotopic (exact) mass is 355 g/mol. The predicted octanol–water partition coefficient (Wildman–Crippen LogP) is 2.43. The van der Waals surface area contributed by atoms with E-state index in [4.69, 9.17) is 14.0 Å². The number of hydrogen-bond acceptors (Lipinski definition) is 7. The van der Waals surface area contributed by atoms with Crippen LogP contribution in [0.4, 0.5) is 0 Å². The SMILES string of the molecule is CCOc1cccc(Cc2noc([C@@H]3CCO[C@H]3c3ccnn3C)n2)n1. The Morgan fingerprint density at radius 1 is 1.27 bits per heavy atom. The van der Waals surface area contributed by atoms with Crippen molar-refractivity contribution in [3.8, 4) is 5.88 Å². The lowest BCUT2D eigenvalue weighted by Gasteiger charge is -2.15. The summed E-state index contributed by atoms with van der Waals surface area (Å²) in [6.45, 7) is 3.18. The predicted molar refractivity (Wildman–Crippen MR) is 91.8 cm³/mol. The number of ether oxygens (including phenoxy) is 2. The van der Waals surface area contributed by atoms with Gasteiger partial charge in [-0.1, -0.05) is 11.2 Å². The van der Waals surface area contributed by atoms with Crippen LogP contribution in [0.3, 0.4) is 0 Å². The summed E-state index contributed by atoms with van der Waals surface area (Å²) in [5.41, 5.74) is 1.85. The van der Waals surface area contributed by atoms with E-state index < -0.39 is 0 Å². The molecular weight excluding hydrogens is 334 g/mol. The third-order valence-corrected chi connectivity index (χ3v) is 4.46. The maximum Gasteiger partial charge on any atom is 0.232 e. The first kappa shape index (κ1) is 16.7. The largest absolute Gasteiger partial charge is 0.478 e. The summed E-state index contributed by atoms with van der Waals surface area (Å²) in [6, 6.07) is 7.64. The Morgan fingerprint density at radius 2 is 2.19 bits per heavy atom. The maximum absolute atomic E-state index is 5.90. The molecule has 4 heterocycles. The van der Waals surface area contributed by atoms with E-state index in [1.54, 1.807) is 6.20 Å². The van der Waals surface area contributed by atoms with Gasteiger partial charge in [-0.15, -0.1) is 0 Å². The summed E-state index contributed by atoms with van der Waals surface area (Å²) in [4.78, 5) is 9.04. The fourth-order valence-electron chi connectivity index (χ4n) is 3.23. The van der Waals surface area contributed by atoms with Crippen molar-refractivity contribution in [2.75, 3.05) is 13.2 Å². The Labute approximate surface area is 151 Å². The molecule has 0 saturated carbocycles. The van der Waals surface area contributed by atoms with Crippen molar-refractivity contribution in [3.63, 3.8) is 0 Å². The van der Waals surface area contributed by atoms with Gasteiger partial charge >= 0.3 is 0 Å². The van der Waals surface area contributed by atoms with Crippen LogP contribution in [0.1, 0.15) is 48.5 Å². The van der Waals surface area contributed by atoms with Crippen LogP contribution in [0, 0.1) is 0 Å². The van der Waals surface area contributed by atoms with Gasteiger partial charge in [-0.3, -0.25) is 4.68 Å². The molecule has 136 valence electrons. The molecule has 0 bridgehead atoms. The average Bonchev–Trinajstić information content (AvgIpc) is 3.35. The van der Waals surface area contributed by atoms with Crippen LogP contribution >= 0.6 is 0 Å². The highest BCUT2D eigenvalue weighted by atomic mass is 16.5. The smallest absolute Gasteiger partial charge is 0.232 e. The molecule has 0 unspecified atom stereocenters. The van der Waals surface area contributed by atoms with Gasteiger partial charge in [0, 0.05) is 25.9 Å². The molecule has 1 aliphatic rings. The first-order chi connectivity index (χ1) is 12.7. The molecule has 0 aliphatic carbocycles. The van der Waals surface area contributed by atoms with Gasteiger partial charge < -0.3 is 14.0 Å². The Morgan fingerprint density at radius 3 is 3.00 bits per heavy atom. The van der Waals surface area contributed by atoms with Crippen molar-refractivity contribution in [1.29, 1.82) is 0 Å². The zero-order chi connectivity index (χ0) is 17.9. The van der Waals surface area contributed by atoms with Crippen LogP contribution in [0.5, 0.6) is 5.88 Å². The highest BCUT2D eigenvalue weighted by Gasteiger charge is 2.36. The van der Waals surface area contributed by atoms with E-state index >= 15 is 0 Å². The number of rotatable bonds is 6. The van der Waals surface area contributed by atoms with Gasteiger partial charge in [-0.05, 0) is 25.5 Å². The van der Waals surface area contributed by atoms with Crippen molar-refractivity contribution in [2.24, 2.45) is 7.05 Å². The van der Waals surface area contributed by atoms with Crippen LogP contribution < -0.4 is 4.74 Å². The zero-order valence-corrected chi connectivity index (χ0v) is 14.8. The molecule has 0 N–H and O–H groups in total. The summed E-state index contributed by atoms with van der Waals surface area (Å²) < 4.78 is 18.7. The van der Waals surface area contributed by atoms with E-state index in [1.165, 1.54) is 0 Å². The first-order valence-electron chi connectivity index (χ1n) is 8.75. The van der Waals surface area contributed by atoms with Crippen molar-refractivity contribution in [1.82, 2.24) is 24.9 Å². The topological polar surface area (TPSA) is 88.1 Å². The number of aryl methyl sites for hydroxylation is 1. The molecule has 3 aromatic heterocycles. The van der Waals surface area contributed by atoms with E-state index in [1.807, 2.05) is 42.9 Å². The van der Waals surface area contributed by atoms with Gasteiger partial charge in [-0.2, -0.15) is 10.1 Å². The molecule has 0 spiro atoms. The first-order valence-corrected chi connectivity index (χ1v) is 8.75. The minimum absolute atomic E-state index is 0.0365. The molecule has 4 rings (SSSR count). The minimum atomic E-state index is -0.116. The van der Waals surface area contributed by atoms with E-state index in [2.05, 4.69) is 20.2 Å². The third-order valence-electron chi connectivity index (χ3n) is 4.46. The highest BCUT2D eigenvalue weighted by molar-refractivity contribution is 5.19.